The van der Waals surface area contributed by atoms with E-state index in [1.807, 2.05) is 13.0 Å². The molecule has 8 nitrogen and oxygen atoms in total. The van der Waals surface area contributed by atoms with Gasteiger partial charge in [-0.25, -0.2) is 4.79 Å². The molecule has 3 amide bonds. The fraction of sp³-hybridized carbons (Fsp3) is 0.474. The Balaban J connectivity index is 1.96. The van der Waals surface area contributed by atoms with E-state index in [9.17, 15) is 14.4 Å². The van der Waals surface area contributed by atoms with Crippen molar-refractivity contribution >= 4 is 34.5 Å². The third-order valence-corrected chi connectivity index (χ3v) is 4.49. The highest BCUT2D eigenvalue weighted by molar-refractivity contribution is 6.03. The molecule has 0 saturated carbocycles. The summed E-state index contributed by atoms with van der Waals surface area (Å²) in [6.45, 7) is 7.28. The summed E-state index contributed by atoms with van der Waals surface area (Å²) in [6, 6.07) is 3.61. The van der Waals surface area contributed by atoms with Gasteiger partial charge in [-0.15, -0.1) is 0 Å². The van der Waals surface area contributed by atoms with Gasteiger partial charge in [0.25, 0.3) is 0 Å². The van der Waals surface area contributed by atoms with Crippen LogP contribution in [0.1, 0.15) is 50.8 Å². The summed E-state index contributed by atoms with van der Waals surface area (Å²) in [5.41, 5.74) is 2.32. The number of hydrogen-bond acceptors (Lipinski definition) is 5. The van der Waals surface area contributed by atoms with Crippen LogP contribution in [0.25, 0.3) is 10.9 Å². The van der Waals surface area contributed by atoms with Crippen molar-refractivity contribution < 1.29 is 19.1 Å². The van der Waals surface area contributed by atoms with Gasteiger partial charge < -0.3 is 4.74 Å². The number of carbonyl (C=O) groups is 3. The lowest BCUT2D eigenvalue weighted by atomic mass is 9.92. The maximum absolute atomic E-state index is 12.2. The van der Waals surface area contributed by atoms with Gasteiger partial charge in [0.2, 0.25) is 11.8 Å². The van der Waals surface area contributed by atoms with Crippen LogP contribution >= 0.6 is 0 Å². The maximum atomic E-state index is 12.2. The first-order valence-electron chi connectivity index (χ1n) is 8.86. The molecule has 27 heavy (non-hydrogen) atoms. The first kappa shape index (κ1) is 18.9. The van der Waals surface area contributed by atoms with E-state index in [0.29, 0.717) is 24.2 Å². The number of carbonyl (C=O) groups excluding carboxylic acids is 3. The quantitative estimate of drug-likeness (QED) is 0.789. The monoisotopic (exact) mass is 372 g/mol. The van der Waals surface area contributed by atoms with Crippen molar-refractivity contribution in [3.8, 4) is 0 Å². The van der Waals surface area contributed by atoms with Crippen molar-refractivity contribution in [2.75, 3.05) is 5.32 Å². The fourth-order valence-electron chi connectivity index (χ4n) is 3.35. The molecule has 1 aromatic heterocycles. The number of aromatic nitrogens is 2. The number of fused-ring (bicyclic) bond motifs is 1. The van der Waals surface area contributed by atoms with E-state index < -0.39 is 17.6 Å². The van der Waals surface area contributed by atoms with Crippen LogP contribution in [0, 0.1) is 6.92 Å². The molecule has 2 N–H and O–H groups in total. The van der Waals surface area contributed by atoms with E-state index in [0.717, 1.165) is 16.5 Å². The molecule has 144 valence electrons. The molecule has 8 heteroatoms. The van der Waals surface area contributed by atoms with Gasteiger partial charge in [-0.2, -0.15) is 5.10 Å². The number of benzene rings is 1. The number of piperidine rings is 1. The van der Waals surface area contributed by atoms with Crippen molar-refractivity contribution in [2.45, 2.75) is 52.1 Å². The van der Waals surface area contributed by atoms with Crippen molar-refractivity contribution in [1.29, 1.82) is 0 Å². The number of rotatable bonds is 2. The topological polar surface area (TPSA) is 102 Å². The van der Waals surface area contributed by atoms with Crippen LogP contribution in [0.5, 0.6) is 0 Å². The van der Waals surface area contributed by atoms with Crippen LogP contribution in [-0.4, -0.2) is 33.3 Å². The SMILES string of the molecule is Cc1c(NC(=O)OC(C)(C)C)ccc2c(C3CCC(=O)NC3=O)nn(C)c12. The van der Waals surface area contributed by atoms with Gasteiger partial charge in [-0.05, 0) is 51.8 Å². The summed E-state index contributed by atoms with van der Waals surface area (Å²) in [4.78, 5) is 35.7. The van der Waals surface area contributed by atoms with E-state index in [-0.39, 0.29) is 11.8 Å². The zero-order valence-corrected chi connectivity index (χ0v) is 16.2. The van der Waals surface area contributed by atoms with Gasteiger partial charge in [0.05, 0.1) is 17.1 Å². The Labute approximate surface area is 157 Å². The highest BCUT2D eigenvalue weighted by atomic mass is 16.6. The van der Waals surface area contributed by atoms with Crippen LogP contribution in [-0.2, 0) is 21.4 Å². The average molecular weight is 372 g/mol. The summed E-state index contributed by atoms with van der Waals surface area (Å²) in [7, 11) is 1.79. The Morgan fingerprint density at radius 2 is 2.04 bits per heavy atom. The smallest absolute Gasteiger partial charge is 0.412 e. The van der Waals surface area contributed by atoms with E-state index >= 15 is 0 Å². The molecule has 0 bridgehead atoms. The number of ether oxygens (including phenoxy) is 1. The molecule has 2 heterocycles. The first-order valence-corrected chi connectivity index (χ1v) is 8.86. The third kappa shape index (κ3) is 3.79. The Hall–Kier alpha value is -2.90. The van der Waals surface area contributed by atoms with Gasteiger partial charge in [0.15, 0.2) is 0 Å². The molecule has 1 aliphatic heterocycles. The minimum atomic E-state index is -0.590. The lowest BCUT2D eigenvalue weighted by Crippen LogP contribution is -2.39. The summed E-state index contributed by atoms with van der Waals surface area (Å²) >= 11 is 0. The minimum Gasteiger partial charge on any atom is -0.444 e. The van der Waals surface area contributed by atoms with Crippen LogP contribution in [0.3, 0.4) is 0 Å². The van der Waals surface area contributed by atoms with E-state index in [1.54, 1.807) is 38.6 Å². The molecule has 2 aromatic rings. The van der Waals surface area contributed by atoms with Crippen LogP contribution in [0.2, 0.25) is 0 Å². The second kappa shape index (κ2) is 6.68. The molecule has 1 saturated heterocycles. The summed E-state index contributed by atoms with van der Waals surface area (Å²) in [5.74, 6) is -1.04. The van der Waals surface area contributed by atoms with Crippen molar-refractivity contribution in [1.82, 2.24) is 15.1 Å². The normalized spacial score (nSPS) is 17.7. The molecule has 1 fully saturated rings. The lowest BCUT2D eigenvalue weighted by Gasteiger charge is -2.20. The van der Waals surface area contributed by atoms with Gasteiger partial charge in [0, 0.05) is 24.5 Å². The van der Waals surface area contributed by atoms with Crippen LogP contribution in [0.4, 0.5) is 10.5 Å². The predicted octanol–water partition coefficient (Wildman–Crippen LogP) is 2.75. The molecule has 0 spiro atoms. The van der Waals surface area contributed by atoms with Crippen molar-refractivity contribution in [2.24, 2.45) is 7.05 Å². The zero-order chi connectivity index (χ0) is 19.9. The lowest BCUT2D eigenvalue weighted by molar-refractivity contribution is -0.134. The Morgan fingerprint density at radius 1 is 1.33 bits per heavy atom. The number of hydrogen-bond donors (Lipinski definition) is 2. The van der Waals surface area contributed by atoms with E-state index in [4.69, 9.17) is 4.74 Å². The van der Waals surface area contributed by atoms with E-state index in [2.05, 4.69) is 15.7 Å². The third-order valence-electron chi connectivity index (χ3n) is 4.49. The van der Waals surface area contributed by atoms with Gasteiger partial charge >= 0.3 is 6.09 Å². The van der Waals surface area contributed by atoms with Crippen molar-refractivity contribution in [3.63, 3.8) is 0 Å². The number of aryl methyl sites for hydroxylation is 2. The predicted molar refractivity (Wildman–Crippen MR) is 100 cm³/mol. The van der Waals surface area contributed by atoms with Crippen molar-refractivity contribution in [3.05, 3.63) is 23.4 Å². The van der Waals surface area contributed by atoms with E-state index in [1.165, 1.54) is 0 Å². The Kier molecular flexibility index (Phi) is 4.67. The van der Waals surface area contributed by atoms with Crippen LogP contribution in [0.15, 0.2) is 12.1 Å². The molecular formula is C19H24N4O4. The molecule has 1 aliphatic rings. The molecule has 1 aromatic carbocycles. The highest BCUT2D eigenvalue weighted by Gasteiger charge is 2.32. The molecule has 3 rings (SSSR count). The van der Waals surface area contributed by atoms with Crippen LogP contribution < -0.4 is 10.6 Å². The molecule has 0 radical (unpaired) electrons. The standard InChI is InChI=1S/C19H24N4O4/c1-10-13(20-18(26)27-19(2,3)4)8-6-11-15(22-23(5)16(10)11)12-7-9-14(24)21-17(12)25/h6,8,12H,7,9H2,1-5H3,(H,20,26)(H,21,24,25). The second-order valence-electron chi connectivity index (χ2n) is 7.77. The Morgan fingerprint density at radius 3 is 2.67 bits per heavy atom. The second-order valence-corrected chi connectivity index (χ2v) is 7.77. The Bertz CT molecular complexity index is 939. The number of imide groups is 1. The van der Waals surface area contributed by atoms with Gasteiger partial charge in [0.1, 0.15) is 5.60 Å². The number of anilines is 1. The number of nitrogens with one attached hydrogen (secondary N) is 2. The molecule has 1 atom stereocenters. The zero-order valence-electron chi connectivity index (χ0n) is 16.2. The fourth-order valence-corrected chi connectivity index (χ4v) is 3.35. The first-order chi connectivity index (χ1) is 12.6. The summed E-state index contributed by atoms with van der Waals surface area (Å²) in [6.07, 6.45) is 0.206. The van der Waals surface area contributed by atoms with Gasteiger partial charge in [-0.3, -0.25) is 24.9 Å². The molecular weight excluding hydrogens is 348 g/mol. The number of amides is 3. The van der Waals surface area contributed by atoms with Gasteiger partial charge in [-0.1, -0.05) is 0 Å². The molecule has 1 unspecified atom stereocenters. The maximum Gasteiger partial charge on any atom is 0.412 e. The number of nitrogens with zero attached hydrogens (tertiary/aromatic N) is 2. The summed E-state index contributed by atoms with van der Waals surface area (Å²) in [5, 5.41) is 10.5. The minimum absolute atomic E-state index is 0.253. The highest BCUT2D eigenvalue weighted by Crippen LogP contribution is 2.34. The largest absolute Gasteiger partial charge is 0.444 e. The summed E-state index contributed by atoms with van der Waals surface area (Å²) < 4.78 is 7.00. The average Bonchev–Trinajstić information content (AvgIpc) is 2.85. The molecule has 0 aliphatic carbocycles.